The summed E-state index contributed by atoms with van der Waals surface area (Å²) in [7, 11) is 0. The highest BCUT2D eigenvalue weighted by molar-refractivity contribution is 5.64. The number of rotatable bonds is 4. The van der Waals surface area contributed by atoms with E-state index in [4.69, 9.17) is 5.73 Å². The lowest BCUT2D eigenvalue weighted by Gasteiger charge is -2.06. The van der Waals surface area contributed by atoms with Crippen LogP contribution in [0.3, 0.4) is 0 Å². The molecule has 0 radical (unpaired) electrons. The predicted octanol–water partition coefficient (Wildman–Crippen LogP) is 3.12. The van der Waals surface area contributed by atoms with Gasteiger partial charge in [0, 0.05) is 6.20 Å². The van der Waals surface area contributed by atoms with E-state index >= 15 is 0 Å². The first-order valence-corrected chi connectivity index (χ1v) is 5.36. The number of allylic oxidation sites excluding steroid dienone is 1. The molecule has 2 nitrogen and oxygen atoms in total. The van der Waals surface area contributed by atoms with Crippen molar-refractivity contribution in [2.24, 2.45) is 11.7 Å². The van der Waals surface area contributed by atoms with Gasteiger partial charge < -0.3 is 5.73 Å². The number of pyridine rings is 1. The highest BCUT2D eigenvalue weighted by atomic mass is 19.3. The van der Waals surface area contributed by atoms with Crippen LogP contribution in [-0.4, -0.2) is 4.98 Å². The Balaban J connectivity index is 2.12. The molecule has 1 aromatic heterocycles. The minimum Gasteiger partial charge on any atom is -0.404 e. The Bertz CT molecular complexity index is 381. The quantitative estimate of drug-likeness (QED) is 0.853. The van der Waals surface area contributed by atoms with Crippen LogP contribution >= 0.6 is 0 Å². The molecule has 1 fully saturated rings. The van der Waals surface area contributed by atoms with Crippen LogP contribution in [0.2, 0.25) is 0 Å². The molecule has 0 aromatic carbocycles. The first-order valence-electron chi connectivity index (χ1n) is 5.36. The van der Waals surface area contributed by atoms with Crippen molar-refractivity contribution in [3.05, 3.63) is 35.8 Å². The molecule has 0 spiro atoms. The summed E-state index contributed by atoms with van der Waals surface area (Å²) in [6.07, 6.45) is 3.91. The maximum Gasteiger partial charge on any atom is 0.280 e. The van der Waals surface area contributed by atoms with Gasteiger partial charge in [0.05, 0.1) is 0 Å². The molecule has 4 heteroatoms. The topological polar surface area (TPSA) is 38.9 Å². The Kier molecular flexibility index (Phi) is 3.17. The molecule has 1 aromatic rings. The first kappa shape index (κ1) is 11.0. The van der Waals surface area contributed by atoms with E-state index in [9.17, 15) is 8.78 Å². The van der Waals surface area contributed by atoms with E-state index in [-0.39, 0.29) is 5.69 Å². The number of nitrogens with two attached hydrogens (primary N) is 1. The van der Waals surface area contributed by atoms with Crippen molar-refractivity contribution in [3.63, 3.8) is 0 Å². The number of hydrogen-bond donors (Lipinski definition) is 1. The number of alkyl halides is 2. The van der Waals surface area contributed by atoms with Crippen LogP contribution in [0.15, 0.2) is 24.5 Å². The third kappa shape index (κ3) is 2.56. The molecule has 0 bridgehead atoms. The van der Waals surface area contributed by atoms with Gasteiger partial charge in [-0.05, 0) is 48.6 Å². The van der Waals surface area contributed by atoms with Gasteiger partial charge in [-0.1, -0.05) is 6.07 Å². The van der Waals surface area contributed by atoms with E-state index < -0.39 is 6.43 Å². The molecule has 0 aliphatic heterocycles. The van der Waals surface area contributed by atoms with Gasteiger partial charge in [0.1, 0.15) is 5.69 Å². The van der Waals surface area contributed by atoms with Crippen LogP contribution in [0.5, 0.6) is 0 Å². The second-order valence-corrected chi connectivity index (χ2v) is 4.11. The standard InChI is InChI=1S/C12H14F2N2/c13-12(14)11-4-3-9(7-16-11)10(6-15)5-8-1-2-8/h3-4,6-8,12H,1-2,5,15H2. The van der Waals surface area contributed by atoms with E-state index in [1.807, 2.05) is 0 Å². The van der Waals surface area contributed by atoms with Crippen molar-refractivity contribution in [1.82, 2.24) is 4.98 Å². The Morgan fingerprint density at radius 3 is 2.69 bits per heavy atom. The van der Waals surface area contributed by atoms with Crippen molar-refractivity contribution < 1.29 is 8.78 Å². The summed E-state index contributed by atoms with van der Waals surface area (Å²) in [6.45, 7) is 0. The third-order valence-electron chi connectivity index (χ3n) is 2.79. The largest absolute Gasteiger partial charge is 0.404 e. The molecule has 0 saturated heterocycles. The van der Waals surface area contributed by atoms with Crippen LogP contribution in [-0.2, 0) is 0 Å². The summed E-state index contributed by atoms with van der Waals surface area (Å²) in [5.74, 6) is 0.713. The summed E-state index contributed by atoms with van der Waals surface area (Å²) in [5, 5.41) is 0. The Morgan fingerprint density at radius 1 is 1.50 bits per heavy atom. The second kappa shape index (κ2) is 4.60. The molecular weight excluding hydrogens is 210 g/mol. The Labute approximate surface area is 93.2 Å². The average molecular weight is 224 g/mol. The molecule has 2 N–H and O–H groups in total. The van der Waals surface area contributed by atoms with E-state index in [0.29, 0.717) is 5.92 Å². The van der Waals surface area contributed by atoms with Gasteiger partial charge in [-0.3, -0.25) is 4.98 Å². The maximum atomic E-state index is 12.3. The lowest BCUT2D eigenvalue weighted by Crippen LogP contribution is -1.95. The molecule has 86 valence electrons. The number of hydrogen-bond acceptors (Lipinski definition) is 2. The van der Waals surface area contributed by atoms with Crippen molar-refractivity contribution in [1.29, 1.82) is 0 Å². The highest BCUT2D eigenvalue weighted by Gasteiger charge is 2.23. The fraction of sp³-hybridized carbons (Fsp3) is 0.417. The van der Waals surface area contributed by atoms with Gasteiger partial charge in [-0.15, -0.1) is 0 Å². The summed E-state index contributed by atoms with van der Waals surface area (Å²) >= 11 is 0. The number of halogens is 2. The van der Waals surface area contributed by atoms with Crippen LogP contribution in [0.1, 0.15) is 36.9 Å². The summed E-state index contributed by atoms with van der Waals surface area (Å²) in [6, 6.07) is 3.02. The fourth-order valence-corrected chi connectivity index (χ4v) is 1.64. The van der Waals surface area contributed by atoms with Crippen LogP contribution in [0, 0.1) is 5.92 Å². The average Bonchev–Trinajstić information content (AvgIpc) is 3.10. The fourth-order valence-electron chi connectivity index (χ4n) is 1.64. The highest BCUT2D eigenvalue weighted by Crippen LogP contribution is 2.37. The summed E-state index contributed by atoms with van der Waals surface area (Å²) < 4.78 is 24.6. The molecule has 1 saturated carbocycles. The zero-order valence-electron chi connectivity index (χ0n) is 8.87. The van der Waals surface area contributed by atoms with E-state index in [0.717, 1.165) is 17.6 Å². The van der Waals surface area contributed by atoms with Crippen molar-refractivity contribution in [3.8, 4) is 0 Å². The van der Waals surface area contributed by atoms with Gasteiger partial charge in [0.15, 0.2) is 0 Å². The van der Waals surface area contributed by atoms with Gasteiger partial charge in [-0.25, -0.2) is 8.78 Å². The third-order valence-corrected chi connectivity index (χ3v) is 2.79. The molecule has 0 atom stereocenters. The minimum absolute atomic E-state index is 0.188. The van der Waals surface area contributed by atoms with E-state index in [1.165, 1.54) is 25.1 Å². The summed E-state index contributed by atoms with van der Waals surface area (Å²) in [5.41, 5.74) is 7.19. The lowest BCUT2D eigenvalue weighted by atomic mass is 10.0. The predicted molar refractivity (Wildman–Crippen MR) is 58.7 cm³/mol. The molecule has 16 heavy (non-hydrogen) atoms. The first-order chi connectivity index (χ1) is 7.70. The molecule has 2 rings (SSSR count). The molecule has 1 aliphatic rings. The van der Waals surface area contributed by atoms with Crippen LogP contribution < -0.4 is 5.73 Å². The zero-order valence-corrected chi connectivity index (χ0v) is 8.87. The van der Waals surface area contributed by atoms with Crippen molar-refractivity contribution in [2.45, 2.75) is 25.7 Å². The number of nitrogens with zero attached hydrogens (tertiary/aromatic N) is 1. The van der Waals surface area contributed by atoms with Crippen LogP contribution in [0.25, 0.3) is 5.57 Å². The van der Waals surface area contributed by atoms with Gasteiger partial charge in [-0.2, -0.15) is 0 Å². The lowest BCUT2D eigenvalue weighted by molar-refractivity contribution is 0.146. The monoisotopic (exact) mass is 224 g/mol. The minimum atomic E-state index is -2.51. The summed E-state index contributed by atoms with van der Waals surface area (Å²) in [4.78, 5) is 3.73. The zero-order chi connectivity index (χ0) is 11.5. The Morgan fingerprint density at radius 2 is 2.25 bits per heavy atom. The molecule has 1 aliphatic carbocycles. The van der Waals surface area contributed by atoms with Gasteiger partial charge >= 0.3 is 0 Å². The van der Waals surface area contributed by atoms with Crippen molar-refractivity contribution >= 4 is 5.57 Å². The van der Waals surface area contributed by atoms with Crippen molar-refractivity contribution in [2.75, 3.05) is 0 Å². The smallest absolute Gasteiger partial charge is 0.280 e. The van der Waals surface area contributed by atoms with E-state index in [1.54, 1.807) is 12.3 Å². The van der Waals surface area contributed by atoms with Crippen LogP contribution in [0.4, 0.5) is 8.78 Å². The second-order valence-electron chi connectivity index (χ2n) is 4.11. The molecule has 1 heterocycles. The molecule has 0 amide bonds. The molecular formula is C12H14F2N2. The normalized spacial score (nSPS) is 16.8. The Hall–Kier alpha value is -1.45. The number of aromatic nitrogens is 1. The maximum absolute atomic E-state index is 12.3. The van der Waals surface area contributed by atoms with E-state index in [2.05, 4.69) is 4.98 Å². The van der Waals surface area contributed by atoms with Gasteiger partial charge in [0.2, 0.25) is 0 Å². The molecule has 0 unspecified atom stereocenters. The SMILES string of the molecule is NC=C(CC1CC1)c1ccc(C(F)F)nc1. The van der Waals surface area contributed by atoms with Gasteiger partial charge in [0.25, 0.3) is 6.43 Å².